The van der Waals surface area contributed by atoms with Crippen molar-refractivity contribution >= 4 is 11.8 Å². The summed E-state index contributed by atoms with van der Waals surface area (Å²) in [5.41, 5.74) is -0.0782. The third-order valence-corrected chi connectivity index (χ3v) is 5.17. The third-order valence-electron chi connectivity index (χ3n) is 5.17. The first-order valence-corrected chi connectivity index (χ1v) is 8.33. The standard InChI is InChI=1S/C18H19N3O4/c22-16(13-4-8-24-10-13)21-7-5-18(12-21)14(9-20-17(18)23)11-25-15-3-1-2-6-19-15/h1-4,6,8,10,14H,5,7,9,11-12H2,(H,20,23)/t14-,18-/m0/s1. The van der Waals surface area contributed by atoms with Gasteiger partial charge in [-0.25, -0.2) is 4.98 Å². The van der Waals surface area contributed by atoms with Crippen LogP contribution in [0.3, 0.4) is 0 Å². The van der Waals surface area contributed by atoms with Gasteiger partial charge < -0.3 is 19.4 Å². The van der Waals surface area contributed by atoms with Crippen molar-refractivity contribution in [3.63, 3.8) is 0 Å². The third kappa shape index (κ3) is 2.75. The molecule has 130 valence electrons. The van der Waals surface area contributed by atoms with Crippen molar-refractivity contribution in [3.8, 4) is 5.88 Å². The predicted octanol–water partition coefficient (Wildman–Crippen LogP) is 1.33. The number of rotatable bonds is 4. The largest absolute Gasteiger partial charge is 0.477 e. The summed E-state index contributed by atoms with van der Waals surface area (Å²) in [6, 6.07) is 7.12. The topological polar surface area (TPSA) is 84.7 Å². The molecule has 2 fully saturated rings. The van der Waals surface area contributed by atoms with Crippen LogP contribution >= 0.6 is 0 Å². The molecule has 2 saturated heterocycles. The molecule has 0 radical (unpaired) electrons. The minimum Gasteiger partial charge on any atom is -0.477 e. The van der Waals surface area contributed by atoms with Gasteiger partial charge in [0.2, 0.25) is 11.8 Å². The first kappa shape index (κ1) is 15.7. The van der Waals surface area contributed by atoms with Crippen LogP contribution in [-0.2, 0) is 4.79 Å². The molecule has 2 aromatic rings. The lowest BCUT2D eigenvalue weighted by Gasteiger charge is -2.27. The molecule has 2 atom stereocenters. The second kappa shape index (κ2) is 6.23. The Balaban J connectivity index is 1.47. The van der Waals surface area contributed by atoms with E-state index >= 15 is 0 Å². The van der Waals surface area contributed by atoms with E-state index in [9.17, 15) is 9.59 Å². The fourth-order valence-corrected chi connectivity index (χ4v) is 3.70. The molecule has 7 nitrogen and oxygen atoms in total. The molecule has 0 saturated carbocycles. The highest BCUT2D eigenvalue weighted by molar-refractivity contribution is 5.95. The molecule has 4 heterocycles. The molecule has 4 rings (SSSR count). The summed E-state index contributed by atoms with van der Waals surface area (Å²) in [5, 5.41) is 2.94. The number of hydrogen-bond donors (Lipinski definition) is 1. The molecule has 7 heteroatoms. The number of carbonyl (C=O) groups is 2. The number of nitrogens with zero attached hydrogens (tertiary/aromatic N) is 2. The Morgan fingerprint density at radius 1 is 1.44 bits per heavy atom. The molecule has 1 N–H and O–H groups in total. The summed E-state index contributed by atoms with van der Waals surface area (Å²) in [5.74, 6) is 0.449. The van der Waals surface area contributed by atoms with Crippen molar-refractivity contribution in [2.24, 2.45) is 11.3 Å². The number of amides is 2. The lowest BCUT2D eigenvalue weighted by molar-refractivity contribution is -0.128. The highest BCUT2D eigenvalue weighted by Gasteiger charge is 2.55. The van der Waals surface area contributed by atoms with Crippen LogP contribution in [0.2, 0.25) is 0 Å². The van der Waals surface area contributed by atoms with Crippen molar-refractivity contribution in [3.05, 3.63) is 48.6 Å². The van der Waals surface area contributed by atoms with Crippen molar-refractivity contribution < 1.29 is 18.7 Å². The fourth-order valence-electron chi connectivity index (χ4n) is 3.70. The molecular weight excluding hydrogens is 322 g/mol. The molecule has 0 bridgehead atoms. The Bertz CT molecular complexity index is 762. The zero-order valence-electron chi connectivity index (χ0n) is 13.7. The number of carbonyl (C=O) groups excluding carboxylic acids is 2. The lowest BCUT2D eigenvalue weighted by atomic mass is 9.77. The normalized spacial score (nSPS) is 25.4. The maximum Gasteiger partial charge on any atom is 0.257 e. The smallest absolute Gasteiger partial charge is 0.257 e. The first-order valence-electron chi connectivity index (χ1n) is 8.33. The molecule has 25 heavy (non-hydrogen) atoms. The maximum absolute atomic E-state index is 12.5. The van der Waals surface area contributed by atoms with Gasteiger partial charge in [0.05, 0.1) is 23.8 Å². The van der Waals surface area contributed by atoms with Crippen LogP contribution in [0.5, 0.6) is 5.88 Å². The highest BCUT2D eigenvalue weighted by atomic mass is 16.5. The van der Waals surface area contributed by atoms with Crippen LogP contribution in [-0.4, -0.2) is 47.9 Å². The van der Waals surface area contributed by atoms with Crippen LogP contribution in [0.1, 0.15) is 16.8 Å². The summed E-state index contributed by atoms with van der Waals surface area (Å²) in [7, 11) is 0. The van der Waals surface area contributed by atoms with Gasteiger partial charge in [-0.3, -0.25) is 9.59 Å². The van der Waals surface area contributed by atoms with E-state index in [1.807, 2.05) is 12.1 Å². The van der Waals surface area contributed by atoms with E-state index in [4.69, 9.17) is 9.15 Å². The number of likely N-dealkylation sites (tertiary alicyclic amines) is 1. The Morgan fingerprint density at radius 2 is 2.36 bits per heavy atom. The Hall–Kier alpha value is -2.83. The van der Waals surface area contributed by atoms with Gasteiger partial charge in [0.1, 0.15) is 6.26 Å². The molecule has 2 aliphatic rings. The Morgan fingerprint density at radius 3 is 3.12 bits per heavy atom. The Labute approximate surface area is 145 Å². The molecule has 0 aromatic carbocycles. The number of hydrogen-bond acceptors (Lipinski definition) is 5. The van der Waals surface area contributed by atoms with E-state index in [2.05, 4.69) is 10.3 Å². The molecule has 2 aliphatic heterocycles. The van der Waals surface area contributed by atoms with Gasteiger partial charge in [-0.15, -0.1) is 0 Å². The zero-order chi connectivity index (χ0) is 17.3. The predicted molar refractivity (Wildman–Crippen MR) is 87.9 cm³/mol. The second-order valence-corrected chi connectivity index (χ2v) is 6.53. The van der Waals surface area contributed by atoms with Gasteiger partial charge in [-0.05, 0) is 18.6 Å². The van der Waals surface area contributed by atoms with Gasteiger partial charge in [-0.2, -0.15) is 0 Å². The minimum atomic E-state index is -0.589. The number of pyridine rings is 1. The van der Waals surface area contributed by atoms with Gasteiger partial charge in [0.25, 0.3) is 5.91 Å². The molecule has 2 aromatic heterocycles. The van der Waals surface area contributed by atoms with Crippen LogP contribution < -0.4 is 10.1 Å². The molecule has 0 aliphatic carbocycles. The van der Waals surface area contributed by atoms with Crippen molar-refractivity contribution in [1.29, 1.82) is 0 Å². The molecule has 2 amide bonds. The molecule has 1 spiro atoms. The van der Waals surface area contributed by atoms with Crippen LogP contribution in [0.25, 0.3) is 0 Å². The van der Waals surface area contributed by atoms with E-state index in [0.717, 1.165) is 0 Å². The lowest BCUT2D eigenvalue weighted by Crippen LogP contribution is -2.41. The quantitative estimate of drug-likeness (QED) is 0.907. The van der Waals surface area contributed by atoms with Crippen molar-refractivity contribution in [2.45, 2.75) is 6.42 Å². The first-order chi connectivity index (χ1) is 12.2. The van der Waals surface area contributed by atoms with E-state index in [0.29, 0.717) is 44.1 Å². The fraction of sp³-hybridized carbons (Fsp3) is 0.389. The summed E-state index contributed by atoms with van der Waals surface area (Å²) in [4.78, 5) is 30.9. The highest BCUT2D eigenvalue weighted by Crippen LogP contribution is 2.42. The summed E-state index contributed by atoms with van der Waals surface area (Å²) < 4.78 is 10.8. The van der Waals surface area contributed by atoms with E-state index in [-0.39, 0.29) is 17.7 Å². The number of aromatic nitrogens is 1. The minimum absolute atomic E-state index is 0.00385. The summed E-state index contributed by atoms with van der Waals surface area (Å²) in [6.45, 7) is 1.90. The molecular formula is C18H19N3O4. The monoisotopic (exact) mass is 341 g/mol. The number of ether oxygens (including phenoxy) is 1. The second-order valence-electron chi connectivity index (χ2n) is 6.53. The average molecular weight is 341 g/mol. The van der Waals surface area contributed by atoms with Gasteiger partial charge >= 0.3 is 0 Å². The van der Waals surface area contributed by atoms with Crippen LogP contribution in [0, 0.1) is 11.3 Å². The van der Waals surface area contributed by atoms with Crippen LogP contribution in [0.4, 0.5) is 0 Å². The van der Waals surface area contributed by atoms with Gasteiger partial charge in [0, 0.05) is 37.8 Å². The summed E-state index contributed by atoms with van der Waals surface area (Å²) in [6.07, 6.45) is 5.22. The van der Waals surface area contributed by atoms with Crippen molar-refractivity contribution in [2.75, 3.05) is 26.2 Å². The van der Waals surface area contributed by atoms with Crippen LogP contribution in [0.15, 0.2) is 47.4 Å². The Kier molecular flexibility index (Phi) is 3.91. The van der Waals surface area contributed by atoms with E-state index < -0.39 is 5.41 Å². The zero-order valence-corrected chi connectivity index (χ0v) is 13.7. The summed E-state index contributed by atoms with van der Waals surface area (Å²) >= 11 is 0. The number of furan rings is 1. The SMILES string of the molecule is O=C(c1ccoc1)N1CC[C@@]2(C1)C(=O)NC[C@H]2COc1ccccn1. The van der Waals surface area contributed by atoms with Gasteiger partial charge in [-0.1, -0.05) is 6.07 Å². The van der Waals surface area contributed by atoms with Crippen molar-refractivity contribution in [1.82, 2.24) is 15.2 Å². The van der Waals surface area contributed by atoms with E-state index in [1.54, 1.807) is 23.2 Å². The molecule has 0 unspecified atom stereocenters. The average Bonchev–Trinajstić information content (AvgIpc) is 3.37. The maximum atomic E-state index is 12.5. The van der Waals surface area contributed by atoms with Gasteiger partial charge in [0.15, 0.2) is 0 Å². The number of nitrogens with one attached hydrogen (secondary N) is 1. The van der Waals surface area contributed by atoms with E-state index in [1.165, 1.54) is 12.5 Å².